The fraction of sp³-hybridized carbons (Fsp3) is 0.385. The molecule has 86 valence electrons. The van der Waals surface area contributed by atoms with Crippen LogP contribution in [0.15, 0.2) is 24.4 Å². The van der Waals surface area contributed by atoms with E-state index in [-0.39, 0.29) is 5.82 Å². The summed E-state index contributed by atoms with van der Waals surface area (Å²) in [6, 6.07) is 4.97. The lowest BCUT2D eigenvalue weighted by Gasteiger charge is -2.00. The number of hydrogen-bond acceptors (Lipinski definition) is 1. The molecule has 2 rings (SSSR count). The normalized spacial score (nSPS) is 11.2. The van der Waals surface area contributed by atoms with Crippen molar-refractivity contribution < 1.29 is 4.39 Å². The standard InChI is InChI=1S/C13H17FN2/c1-3-15-7-6-10-9-16(2)13-5-4-11(14)8-12(10)13/h4-5,8-9,15H,3,6-7H2,1-2H3. The van der Waals surface area contributed by atoms with E-state index < -0.39 is 0 Å². The molecule has 2 nitrogen and oxygen atoms in total. The molecule has 0 amide bonds. The van der Waals surface area contributed by atoms with Crippen molar-refractivity contribution in [3.63, 3.8) is 0 Å². The van der Waals surface area contributed by atoms with Gasteiger partial charge in [0.05, 0.1) is 0 Å². The maximum absolute atomic E-state index is 13.2. The second-order valence-corrected chi connectivity index (χ2v) is 4.03. The Balaban J connectivity index is 2.33. The average molecular weight is 220 g/mol. The lowest BCUT2D eigenvalue weighted by molar-refractivity contribution is 0.629. The highest BCUT2D eigenvalue weighted by Gasteiger charge is 2.06. The van der Waals surface area contributed by atoms with Crippen LogP contribution < -0.4 is 5.32 Å². The fourth-order valence-electron chi connectivity index (χ4n) is 2.04. The molecule has 0 saturated carbocycles. The summed E-state index contributed by atoms with van der Waals surface area (Å²) >= 11 is 0. The number of halogens is 1. The fourth-order valence-corrected chi connectivity index (χ4v) is 2.04. The Kier molecular flexibility index (Phi) is 3.25. The summed E-state index contributed by atoms with van der Waals surface area (Å²) < 4.78 is 15.2. The number of hydrogen-bond donors (Lipinski definition) is 1. The van der Waals surface area contributed by atoms with E-state index in [1.807, 2.05) is 13.1 Å². The van der Waals surface area contributed by atoms with Crippen molar-refractivity contribution in [3.8, 4) is 0 Å². The monoisotopic (exact) mass is 220 g/mol. The molecule has 2 aromatic rings. The number of nitrogens with zero attached hydrogens (tertiary/aromatic N) is 1. The van der Waals surface area contributed by atoms with Crippen LogP contribution in [0.3, 0.4) is 0 Å². The molecule has 0 aliphatic carbocycles. The van der Waals surface area contributed by atoms with Crippen LogP contribution in [0.1, 0.15) is 12.5 Å². The molecule has 1 heterocycles. The molecule has 1 aromatic carbocycles. The number of aryl methyl sites for hydroxylation is 1. The highest BCUT2D eigenvalue weighted by Crippen LogP contribution is 2.21. The van der Waals surface area contributed by atoms with Crippen molar-refractivity contribution >= 4 is 10.9 Å². The number of benzene rings is 1. The number of likely N-dealkylation sites (N-methyl/N-ethyl adjacent to an activating group) is 1. The maximum atomic E-state index is 13.2. The SMILES string of the molecule is CCNCCc1cn(C)c2ccc(F)cc12. The van der Waals surface area contributed by atoms with Crippen molar-refractivity contribution in [2.24, 2.45) is 7.05 Å². The van der Waals surface area contributed by atoms with Crippen LogP contribution in [-0.2, 0) is 13.5 Å². The summed E-state index contributed by atoms with van der Waals surface area (Å²) in [5.41, 5.74) is 2.30. The predicted molar refractivity (Wildman–Crippen MR) is 65.1 cm³/mol. The highest BCUT2D eigenvalue weighted by molar-refractivity contribution is 5.84. The lowest BCUT2D eigenvalue weighted by atomic mass is 10.1. The van der Waals surface area contributed by atoms with Crippen LogP contribution in [0.25, 0.3) is 10.9 Å². The van der Waals surface area contributed by atoms with Crippen molar-refractivity contribution in [2.45, 2.75) is 13.3 Å². The quantitative estimate of drug-likeness (QED) is 0.783. The molecule has 0 radical (unpaired) electrons. The third-order valence-corrected chi connectivity index (χ3v) is 2.86. The Morgan fingerprint density at radius 3 is 2.94 bits per heavy atom. The molecule has 1 aromatic heterocycles. The molecule has 0 unspecified atom stereocenters. The van der Waals surface area contributed by atoms with Gasteiger partial charge < -0.3 is 9.88 Å². The van der Waals surface area contributed by atoms with Crippen molar-refractivity contribution in [2.75, 3.05) is 13.1 Å². The van der Waals surface area contributed by atoms with Crippen LogP contribution in [0.2, 0.25) is 0 Å². The van der Waals surface area contributed by atoms with E-state index >= 15 is 0 Å². The predicted octanol–water partition coefficient (Wildman–Crippen LogP) is 2.47. The van der Waals surface area contributed by atoms with E-state index in [1.165, 1.54) is 11.6 Å². The van der Waals surface area contributed by atoms with Crippen LogP contribution in [-0.4, -0.2) is 17.7 Å². The summed E-state index contributed by atoms with van der Waals surface area (Å²) in [5, 5.41) is 4.31. The molecule has 3 heteroatoms. The molecule has 16 heavy (non-hydrogen) atoms. The van der Waals surface area contributed by atoms with Crippen LogP contribution in [0.4, 0.5) is 4.39 Å². The summed E-state index contributed by atoms with van der Waals surface area (Å²) in [6.45, 7) is 3.99. The van der Waals surface area contributed by atoms with Crippen LogP contribution in [0.5, 0.6) is 0 Å². The molecule has 0 bridgehead atoms. The third kappa shape index (κ3) is 2.09. The molecule has 1 N–H and O–H groups in total. The minimum absolute atomic E-state index is 0.164. The molecule has 0 fully saturated rings. The van der Waals surface area contributed by atoms with E-state index in [4.69, 9.17) is 0 Å². The summed E-state index contributed by atoms with van der Waals surface area (Å²) in [4.78, 5) is 0. The van der Waals surface area contributed by atoms with E-state index in [1.54, 1.807) is 6.07 Å². The van der Waals surface area contributed by atoms with Gasteiger partial charge in [-0.25, -0.2) is 4.39 Å². The van der Waals surface area contributed by atoms with Crippen molar-refractivity contribution in [1.29, 1.82) is 0 Å². The zero-order valence-electron chi connectivity index (χ0n) is 9.76. The first-order valence-corrected chi connectivity index (χ1v) is 5.66. The van der Waals surface area contributed by atoms with Crippen molar-refractivity contribution in [3.05, 3.63) is 35.8 Å². The van der Waals surface area contributed by atoms with Gasteiger partial charge in [-0.05, 0) is 43.3 Å². The molecule has 0 spiro atoms. The topological polar surface area (TPSA) is 17.0 Å². The third-order valence-electron chi connectivity index (χ3n) is 2.86. The molecular weight excluding hydrogens is 203 g/mol. The van der Waals surface area contributed by atoms with Gasteiger partial charge in [0, 0.05) is 24.1 Å². The van der Waals surface area contributed by atoms with Gasteiger partial charge in [0.2, 0.25) is 0 Å². The largest absolute Gasteiger partial charge is 0.350 e. The highest BCUT2D eigenvalue weighted by atomic mass is 19.1. The first-order valence-electron chi connectivity index (χ1n) is 5.66. The molecule has 0 saturated heterocycles. The number of rotatable bonds is 4. The lowest BCUT2D eigenvalue weighted by Crippen LogP contribution is -2.15. The van der Waals surface area contributed by atoms with Gasteiger partial charge in [0.1, 0.15) is 5.82 Å². The Bertz CT molecular complexity index is 488. The van der Waals surface area contributed by atoms with Gasteiger partial charge in [0.25, 0.3) is 0 Å². The zero-order chi connectivity index (χ0) is 11.5. The Hall–Kier alpha value is -1.35. The Labute approximate surface area is 95.1 Å². The molecule has 0 atom stereocenters. The summed E-state index contributed by atoms with van der Waals surface area (Å²) in [5.74, 6) is -0.164. The zero-order valence-corrected chi connectivity index (χ0v) is 9.76. The van der Waals surface area contributed by atoms with Gasteiger partial charge in [-0.15, -0.1) is 0 Å². The van der Waals surface area contributed by atoms with Gasteiger partial charge in [-0.3, -0.25) is 0 Å². The summed E-state index contributed by atoms with van der Waals surface area (Å²) in [7, 11) is 2.00. The van der Waals surface area contributed by atoms with Gasteiger partial charge >= 0.3 is 0 Å². The maximum Gasteiger partial charge on any atom is 0.123 e. The first kappa shape index (κ1) is 11.1. The number of nitrogens with one attached hydrogen (secondary N) is 1. The minimum atomic E-state index is -0.164. The van der Waals surface area contributed by atoms with E-state index in [2.05, 4.69) is 23.0 Å². The Morgan fingerprint density at radius 1 is 1.38 bits per heavy atom. The number of aromatic nitrogens is 1. The smallest absolute Gasteiger partial charge is 0.123 e. The minimum Gasteiger partial charge on any atom is -0.350 e. The van der Waals surface area contributed by atoms with Gasteiger partial charge in [-0.2, -0.15) is 0 Å². The van der Waals surface area contributed by atoms with Gasteiger partial charge in [0.15, 0.2) is 0 Å². The average Bonchev–Trinajstić information content (AvgIpc) is 2.56. The molecule has 0 aliphatic heterocycles. The van der Waals surface area contributed by atoms with E-state index in [0.717, 1.165) is 30.4 Å². The van der Waals surface area contributed by atoms with Crippen LogP contribution in [0, 0.1) is 5.82 Å². The van der Waals surface area contributed by atoms with E-state index in [9.17, 15) is 4.39 Å². The molecule has 0 aliphatic rings. The second kappa shape index (κ2) is 4.66. The second-order valence-electron chi connectivity index (χ2n) is 4.03. The van der Waals surface area contributed by atoms with Crippen LogP contribution >= 0.6 is 0 Å². The van der Waals surface area contributed by atoms with E-state index in [0.29, 0.717) is 0 Å². The summed E-state index contributed by atoms with van der Waals surface area (Å²) in [6.07, 6.45) is 3.02. The van der Waals surface area contributed by atoms with Crippen molar-refractivity contribution in [1.82, 2.24) is 9.88 Å². The van der Waals surface area contributed by atoms with Gasteiger partial charge in [-0.1, -0.05) is 6.92 Å². The first-order chi connectivity index (χ1) is 7.72. The Morgan fingerprint density at radius 2 is 2.19 bits per heavy atom. The molecular formula is C13H17FN2. The number of fused-ring (bicyclic) bond motifs is 1.